The molecule has 6 heteroatoms. The van der Waals surface area contributed by atoms with E-state index in [4.69, 9.17) is 11.6 Å². The van der Waals surface area contributed by atoms with Crippen LogP contribution in [-0.2, 0) is 0 Å². The zero-order chi connectivity index (χ0) is 17.0. The standard InChI is InChI=1S/C17H21ClN4O/c1-5-22(6-2)16(23)15-10-11(3)19-17(21-15)20-14-9-7-8-13(18)12(14)4/h7-10H,5-6H2,1-4H3,(H,19,20,21). The number of carbonyl (C=O) groups is 1. The molecule has 0 aliphatic rings. The molecule has 1 amide bonds. The van der Waals surface area contributed by atoms with Gasteiger partial charge in [0.15, 0.2) is 0 Å². The third-order valence-electron chi connectivity index (χ3n) is 3.64. The maximum Gasteiger partial charge on any atom is 0.272 e. The predicted octanol–water partition coefficient (Wildman–Crippen LogP) is 3.97. The van der Waals surface area contributed by atoms with Gasteiger partial charge in [-0.1, -0.05) is 17.7 Å². The fourth-order valence-electron chi connectivity index (χ4n) is 2.27. The molecular weight excluding hydrogens is 312 g/mol. The van der Waals surface area contributed by atoms with Gasteiger partial charge in [-0.25, -0.2) is 9.97 Å². The van der Waals surface area contributed by atoms with Crippen LogP contribution in [0, 0.1) is 13.8 Å². The van der Waals surface area contributed by atoms with E-state index < -0.39 is 0 Å². The molecule has 1 heterocycles. The smallest absolute Gasteiger partial charge is 0.272 e. The van der Waals surface area contributed by atoms with Gasteiger partial charge in [0.2, 0.25) is 5.95 Å². The van der Waals surface area contributed by atoms with Gasteiger partial charge in [0.1, 0.15) is 5.69 Å². The molecular formula is C17H21ClN4O. The number of nitrogens with one attached hydrogen (secondary N) is 1. The second-order valence-electron chi connectivity index (χ2n) is 5.23. The average molecular weight is 333 g/mol. The largest absolute Gasteiger partial charge is 0.338 e. The van der Waals surface area contributed by atoms with Crippen LogP contribution in [0.2, 0.25) is 5.02 Å². The van der Waals surface area contributed by atoms with Crippen molar-refractivity contribution in [3.63, 3.8) is 0 Å². The Morgan fingerprint density at radius 1 is 1.22 bits per heavy atom. The number of halogens is 1. The Morgan fingerprint density at radius 3 is 2.57 bits per heavy atom. The van der Waals surface area contributed by atoms with Crippen LogP contribution < -0.4 is 5.32 Å². The van der Waals surface area contributed by atoms with Gasteiger partial charge in [0.05, 0.1) is 0 Å². The Labute approximate surface area is 141 Å². The zero-order valence-corrected chi connectivity index (χ0v) is 14.6. The van der Waals surface area contributed by atoms with E-state index >= 15 is 0 Å². The van der Waals surface area contributed by atoms with E-state index in [1.165, 1.54) is 0 Å². The van der Waals surface area contributed by atoms with Crippen LogP contribution in [0.4, 0.5) is 11.6 Å². The third kappa shape index (κ3) is 3.99. The van der Waals surface area contributed by atoms with E-state index in [-0.39, 0.29) is 5.91 Å². The minimum Gasteiger partial charge on any atom is -0.338 e. The van der Waals surface area contributed by atoms with Gasteiger partial charge in [0.25, 0.3) is 5.91 Å². The molecule has 0 unspecified atom stereocenters. The highest BCUT2D eigenvalue weighted by molar-refractivity contribution is 6.31. The number of nitrogens with zero attached hydrogens (tertiary/aromatic N) is 3. The maximum absolute atomic E-state index is 12.5. The fraction of sp³-hybridized carbons (Fsp3) is 0.353. The van der Waals surface area contributed by atoms with Crippen molar-refractivity contribution in [1.82, 2.24) is 14.9 Å². The van der Waals surface area contributed by atoms with Crippen LogP contribution in [0.5, 0.6) is 0 Å². The number of amides is 1. The number of rotatable bonds is 5. The second kappa shape index (κ2) is 7.42. The van der Waals surface area contributed by atoms with Gasteiger partial charge < -0.3 is 10.2 Å². The molecule has 2 rings (SSSR count). The minimum absolute atomic E-state index is 0.0913. The molecule has 1 aromatic carbocycles. The zero-order valence-electron chi connectivity index (χ0n) is 13.9. The molecule has 1 N–H and O–H groups in total. The maximum atomic E-state index is 12.5. The van der Waals surface area contributed by atoms with E-state index in [1.807, 2.05) is 45.9 Å². The number of hydrogen-bond acceptors (Lipinski definition) is 4. The van der Waals surface area contributed by atoms with Crippen molar-refractivity contribution in [2.75, 3.05) is 18.4 Å². The molecule has 2 aromatic rings. The van der Waals surface area contributed by atoms with E-state index in [1.54, 1.807) is 11.0 Å². The van der Waals surface area contributed by atoms with Crippen LogP contribution >= 0.6 is 11.6 Å². The summed E-state index contributed by atoms with van der Waals surface area (Å²) in [6.07, 6.45) is 0. The average Bonchev–Trinajstić information content (AvgIpc) is 2.52. The molecule has 0 bridgehead atoms. The van der Waals surface area contributed by atoms with E-state index in [0.29, 0.717) is 29.8 Å². The number of anilines is 2. The van der Waals surface area contributed by atoms with Gasteiger partial charge in [-0.3, -0.25) is 4.79 Å². The van der Waals surface area contributed by atoms with Crippen molar-refractivity contribution in [2.45, 2.75) is 27.7 Å². The summed E-state index contributed by atoms with van der Waals surface area (Å²) in [7, 11) is 0. The first kappa shape index (κ1) is 17.2. The Hall–Kier alpha value is -2.14. The summed E-state index contributed by atoms with van der Waals surface area (Å²) >= 11 is 6.13. The van der Waals surface area contributed by atoms with E-state index in [9.17, 15) is 4.79 Å². The molecule has 0 aliphatic heterocycles. The molecule has 0 aliphatic carbocycles. The summed E-state index contributed by atoms with van der Waals surface area (Å²) in [5.41, 5.74) is 2.86. The number of carbonyl (C=O) groups excluding carboxylic acids is 1. The first-order valence-corrected chi connectivity index (χ1v) is 8.01. The number of benzene rings is 1. The molecule has 5 nitrogen and oxygen atoms in total. The number of aromatic nitrogens is 2. The topological polar surface area (TPSA) is 58.1 Å². The van der Waals surface area contributed by atoms with Crippen LogP contribution in [0.25, 0.3) is 0 Å². The Bertz CT molecular complexity index is 714. The van der Waals surface area contributed by atoms with Crippen molar-refractivity contribution in [2.24, 2.45) is 0 Å². The van der Waals surface area contributed by atoms with Gasteiger partial charge in [-0.15, -0.1) is 0 Å². The quantitative estimate of drug-likeness (QED) is 0.900. The van der Waals surface area contributed by atoms with E-state index in [2.05, 4.69) is 15.3 Å². The summed E-state index contributed by atoms with van der Waals surface area (Å²) in [4.78, 5) is 22.9. The van der Waals surface area contributed by atoms with Crippen molar-refractivity contribution in [3.8, 4) is 0 Å². The molecule has 0 radical (unpaired) electrons. The van der Waals surface area contributed by atoms with Crippen LogP contribution in [0.3, 0.4) is 0 Å². The molecule has 23 heavy (non-hydrogen) atoms. The molecule has 0 spiro atoms. The van der Waals surface area contributed by atoms with Crippen molar-refractivity contribution >= 4 is 29.1 Å². The van der Waals surface area contributed by atoms with Crippen LogP contribution in [0.15, 0.2) is 24.3 Å². The molecule has 0 saturated heterocycles. The summed E-state index contributed by atoms with van der Waals surface area (Å²) in [6, 6.07) is 7.29. The predicted molar refractivity (Wildman–Crippen MR) is 93.5 cm³/mol. The number of aryl methyl sites for hydroxylation is 1. The number of hydrogen-bond donors (Lipinski definition) is 1. The highest BCUT2D eigenvalue weighted by Gasteiger charge is 2.16. The SMILES string of the molecule is CCN(CC)C(=O)c1cc(C)nc(Nc2cccc(Cl)c2C)n1. The first-order valence-electron chi connectivity index (χ1n) is 7.63. The summed E-state index contributed by atoms with van der Waals surface area (Å²) in [5, 5.41) is 3.82. The lowest BCUT2D eigenvalue weighted by Gasteiger charge is -2.18. The Kier molecular flexibility index (Phi) is 5.55. The highest BCUT2D eigenvalue weighted by Crippen LogP contribution is 2.25. The van der Waals surface area contributed by atoms with Crippen molar-refractivity contribution in [1.29, 1.82) is 0 Å². The van der Waals surface area contributed by atoms with Crippen LogP contribution in [0.1, 0.15) is 35.6 Å². The van der Waals surface area contributed by atoms with Crippen molar-refractivity contribution in [3.05, 3.63) is 46.2 Å². The lowest BCUT2D eigenvalue weighted by Crippen LogP contribution is -2.31. The van der Waals surface area contributed by atoms with Gasteiger partial charge in [0, 0.05) is 29.5 Å². The summed E-state index contributed by atoms with van der Waals surface area (Å²) in [5.74, 6) is 0.303. The summed E-state index contributed by atoms with van der Waals surface area (Å²) < 4.78 is 0. The normalized spacial score (nSPS) is 10.5. The van der Waals surface area contributed by atoms with Gasteiger partial charge in [-0.05, 0) is 51.5 Å². The molecule has 0 fully saturated rings. The molecule has 1 aromatic heterocycles. The van der Waals surface area contributed by atoms with Crippen molar-refractivity contribution < 1.29 is 4.79 Å². The highest BCUT2D eigenvalue weighted by atomic mass is 35.5. The molecule has 122 valence electrons. The molecule has 0 atom stereocenters. The second-order valence-corrected chi connectivity index (χ2v) is 5.64. The Morgan fingerprint density at radius 2 is 1.91 bits per heavy atom. The lowest BCUT2D eigenvalue weighted by molar-refractivity contribution is 0.0767. The fourth-order valence-corrected chi connectivity index (χ4v) is 2.44. The van der Waals surface area contributed by atoms with Crippen LogP contribution in [-0.4, -0.2) is 33.9 Å². The first-order chi connectivity index (χ1) is 11.0. The van der Waals surface area contributed by atoms with Gasteiger partial charge >= 0.3 is 0 Å². The Balaban J connectivity index is 2.34. The minimum atomic E-state index is -0.0913. The third-order valence-corrected chi connectivity index (χ3v) is 4.05. The summed E-state index contributed by atoms with van der Waals surface area (Å²) in [6.45, 7) is 8.95. The van der Waals surface area contributed by atoms with Gasteiger partial charge in [-0.2, -0.15) is 0 Å². The molecule has 0 saturated carbocycles. The van der Waals surface area contributed by atoms with E-state index in [0.717, 1.165) is 16.9 Å². The monoisotopic (exact) mass is 332 g/mol. The lowest BCUT2D eigenvalue weighted by atomic mass is 10.2.